The lowest BCUT2D eigenvalue weighted by atomic mass is 9.90. The fraction of sp³-hybridized carbons (Fsp3) is 0.381. The summed E-state index contributed by atoms with van der Waals surface area (Å²) in [4.78, 5) is 6.33. The average molecular weight is 376 g/mol. The first kappa shape index (κ1) is 20.2. The number of halogens is 2. The molecule has 1 aromatic rings. The van der Waals surface area contributed by atoms with Gasteiger partial charge in [-0.25, -0.2) is 9.38 Å². The zero-order chi connectivity index (χ0) is 19.6. The molecule has 0 saturated carbocycles. The van der Waals surface area contributed by atoms with Gasteiger partial charge in [-0.2, -0.15) is 0 Å². The second-order valence-electron chi connectivity index (χ2n) is 7.23. The minimum atomic E-state index is -0.412. The number of hydrogen-bond donors (Lipinski definition) is 1. The van der Waals surface area contributed by atoms with E-state index in [1.807, 2.05) is 18.7 Å². The molecule has 2 rings (SSSR count). The van der Waals surface area contributed by atoms with Crippen molar-refractivity contribution < 1.29 is 4.39 Å². The van der Waals surface area contributed by atoms with E-state index in [0.717, 1.165) is 34.5 Å². The minimum absolute atomic E-state index is 0.106. The molecule has 0 atom stereocenters. The number of benzene rings is 1. The van der Waals surface area contributed by atoms with E-state index in [2.05, 4.69) is 32.0 Å². The van der Waals surface area contributed by atoms with Gasteiger partial charge in [-0.05, 0) is 49.0 Å². The number of nitrogens with zero attached hydrogens (tertiary/aromatic N) is 2. The number of amidine groups is 1. The third kappa shape index (κ3) is 4.01. The fourth-order valence-corrected chi connectivity index (χ4v) is 3.52. The van der Waals surface area contributed by atoms with Crippen molar-refractivity contribution >= 4 is 23.5 Å². The van der Waals surface area contributed by atoms with E-state index in [0.29, 0.717) is 30.4 Å². The zero-order valence-corrected chi connectivity index (χ0v) is 16.8. The predicted molar refractivity (Wildman–Crippen MR) is 110 cm³/mol. The summed E-state index contributed by atoms with van der Waals surface area (Å²) in [5.41, 5.74) is 11.2. The molecule has 0 aliphatic carbocycles. The molecule has 0 unspecified atom stereocenters. The van der Waals surface area contributed by atoms with Crippen LogP contribution in [0.4, 0.5) is 4.39 Å². The van der Waals surface area contributed by atoms with Gasteiger partial charge in [0.25, 0.3) is 0 Å². The van der Waals surface area contributed by atoms with Gasteiger partial charge in [0.1, 0.15) is 18.3 Å². The molecule has 5 heteroatoms. The largest absolute Gasteiger partial charge is 0.382 e. The van der Waals surface area contributed by atoms with Gasteiger partial charge in [-0.3, -0.25) is 0 Å². The van der Waals surface area contributed by atoms with Crippen LogP contribution in [0.25, 0.3) is 6.08 Å². The molecular formula is C21H27ClFN3. The Morgan fingerprint density at radius 1 is 1.46 bits per heavy atom. The molecule has 26 heavy (non-hydrogen) atoms. The minimum Gasteiger partial charge on any atom is -0.382 e. The molecular weight excluding hydrogens is 349 g/mol. The highest BCUT2D eigenvalue weighted by atomic mass is 35.5. The monoisotopic (exact) mass is 375 g/mol. The van der Waals surface area contributed by atoms with Gasteiger partial charge in [0.05, 0.1) is 10.7 Å². The number of allylic oxidation sites excluding steroid dienone is 2. The number of rotatable bonds is 6. The van der Waals surface area contributed by atoms with Gasteiger partial charge < -0.3 is 10.6 Å². The summed E-state index contributed by atoms with van der Waals surface area (Å²) in [5, 5.41) is 0.106. The first-order valence-electron chi connectivity index (χ1n) is 8.72. The normalized spacial score (nSPS) is 14.0. The van der Waals surface area contributed by atoms with Crippen LogP contribution in [0.5, 0.6) is 0 Å². The van der Waals surface area contributed by atoms with Crippen LogP contribution in [-0.4, -0.2) is 17.4 Å². The Kier molecular flexibility index (Phi) is 6.30. The van der Waals surface area contributed by atoms with Gasteiger partial charge >= 0.3 is 0 Å². The molecule has 0 radical (unpaired) electrons. The lowest BCUT2D eigenvalue weighted by molar-refractivity contribution is 0.469. The van der Waals surface area contributed by atoms with Crippen molar-refractivity contribution in [2.24, 2.45) is 16.6 Å². The topological polar surface area (TPSA) is 41.6 Å². The van der Waals surface area contributed by atoms with Gasteiger partial charge in [-0.1, -0.05) is 44.7 Å². The Morgan fingerprint density at radius 2 is 2.12 bits per heavy atom. The highest BCUT2D eigenvalue weighted by Gasteiger charge is 2.24. The molecule has 0 aromatic heterocycles. The first-order chi connectivity index (χ1) is 12.2. The number of nitrogens with two attached hydrogens (primary N) is 1. The van der Waals surface area contributed by atoms with Crippen molar-refractivity contribution in [1.82, 2.24) is 4.90 Å². The Morgan fingerprint density at radius 3 is 2.65 bits per heavy atom. The van der Waals surface area contributed by atoms with E-state index in [1.54, 1.807) is 12.1 Å². The van der Waals surface area contributed by atoms with Gasteiger partial charge in [0, 0.05) is 17.7 Å². The first-order valence-corrected chi connectivity index (χ1v) is 9.10. The highest BCUT2D eigenvalue weighted by molar-refractivity contribution is 6.31. The summed E-state index contributed by atoms with van der Waals surface area (Å²) in [7, 11) is 0. The van der Waals surface area contributed by atoms with Crippen molar-refractivity contribution in [2.75, 3.05) is 6.67 Å². The average Bonchev–Trinajstić information content (AvgIpc) is 2.94. The van der Waals surface area contributed by atoms with E-state index in [-0.39, 0.29) is 5.02 Å². The maximum atomic E-state index is 14.5. The van der Waals surface area contributed by atoms with Crippen LogP contribution in [0, 0.1) is 11.7 Å². The molecule has 0 saturated heterocycles. The Balaban J connectivity index is 2.43. The van der Waals surface area contributed by atoms with E-state index in [9.17, 15) is 4.39 Å². The second kappa shape index (κ2) is 8.09. The standard InChI is InChI=1S/C21H27ClFN3/c1-7-16-17(8-12(2)3)15(10-18(22)19(16)23)9-14(6)26-11-25-21(24)20(26)13(4)5/h7,10,12H,1,6,8-9,11H2,2-5H3,(H2,24,25). The molecule has 0 spiro atoms. The van der Waals surface area contributed by atoms with E-state index in [4.69, 9.17) is 17.3 Å². The van der Waals surface area contributed by atoms with E-state index < -0.39 is 5.82 Å². The molecule has 1 aliphatic heterocycles. The lowest BCUT2D eigenvalue weighted by Crippen LogP contribution is -2.25. The smallest absolute Gasteiger partial charge is 0.149 e. The Bertz CT molecular complexity index is 802. The molecule has 140 valence electrons. The molecule has 0 amide bonds. The Hall–Kier alpha value is -2.07. The fourth-order valence-electron chi connectivity index (χ4n) is 3.29. The highest BCUT2D eigenvalue weighted by Crippen LogP contribution is 2.32. The summed E-state index contributed by atoms with van der Waals surface area (Å²) < 4.78 is 14.5. The summed E-state index contributed by atoms with van der Waals surface area (Å²) >= 11 is 6.13. The molecule has 1 aromatic carbocycles. The zero-order valence-electron chi connectivity index (χ0n) is 16.0. The second-order valence-corrected chi connectivity index (χ2v) is 7.64. The van der Waals surface area contributed by atoms with Crippen LogP contribution in [0.1, 0.15) is 44.4 Å². The third-order valence-corrected chi connectivity index (χ3v) is 4.70. The summed E-state index contributed by atoms with van der Waals surface area (Å²) in [6.45, 7) is 16.7. The maximum absolute atomic E-state index is 14.5. The molecule has 1 heterocycles. The van der Waals surface area contributed by atoms with Crippen molar-refractivity contribution in [2.45, 2.75) is 40.5 Å². The van der Waals surface area contributed by atoms with Crippen LogP contribution in [0.15, 0.2) is 41.2 Å². The lowest BCUT2D eigenvalue weighted by Gasteiger charge is -2.25. The van der Waals surface area contributed by atoms with E-state index in [1.165, 1.54) is 0 Å². The summed E-state index contributed by atoms with van der Waals surface area (Å²) in [5.74, 6) is 0.489. The third-order valence-electron chi connectivity index (χ3n) is 4.42. The van der Waals surface area contributed by atoms with Gasteiger partial charge in [0.15, 0.2) is 0 Å². The van der Waals surface area contributed by atoms with Crippen molar-refractivity contribution in [3.05, 3.63) is 63.7 Å². The molecule has 0 bridgehead atoms. The van der Waals surface area contributed by atoms with Crippen molar-refractivity contribution in [3.8, 4) is 0 Å². The predicted octanol–water partition coefficient (Wildman–Crippen LogP) is 5.30. The van der Waals surface area contributed by atoms with Crippen LogP contribution in [-0.2, 0) is 12.8 Å². The molecule has 3 nitrogen and oxygen atoms in total. The number of hydrogen-bond acceptors (Lipinski definition) is 3. The van der Waals surface area contributed by atoms with Gasteiger partial charge in [0.2, 0.25) is 0 Å². The van der Waals surface area contributed by atoms with Crippen molar-refractivity contribution in [3.63, 3.8) is 0 Å². The quantitative estimate of drug-likeness (QED) is 0.732. The van der Waals surface area contributed by atoms with Crippen LogP contribution in [0.3, 0.4) is 0 Å². The van der Waals surface area contributed by atoms with Crippen molar-refractivity contribution in [1.29, 1.82) is 0 Å². The SMILES string of the molecule is C=Cc1c(F)c(Cl)cc(CC(=C)N2CN=C(N)C2=C(C)C)c1CC(C)C. The van der Waals surface area contributed by atoms with Crippen LogP contribution < -0.4 is 5.73 Å². The number of aliphatic imine (C=N–C) groups is 1. The van der Waals surface area contributed by atoms with Gasteiger partial charge in [-0.15, -0.1) is 0 Å². The van der Waals surface area contributed by atoms with Crippen LogP contribution >= 0.6 is 11.6 Å². The molecule has 1 aliphatic rings. The van der Waals surface area contributed by atoms with E-state index >= 15 is 0 Å². The maximum Gasteiger partial charge on any atom is 0.149 e. The summed E-state index contributed by atoms with van der Waals surface area (Å²) in [6.07, 6.45) is 2.83. The summed E-state index contributed by atoms with van der Waals surface area (Å²) in [6, 6.07) is 1.70. The Labute approximate surface area is 160 Å². The molecule has 0 fully saturated rings. The molecule has 2 N–H and O–H groups in total. The van der Waals surface area contributed by atoms with Crippen LogP contribution in [0.2, 0.25) is 5.02 Å².